The highest BCUT2D eigenvalue weighted by Gasteiger charge is 2.41. The summed E-state index contributed by atoms with van der Waals surface area (Å²) in [7, 11) is 1.91. The van der Waals surface area contributed by atoms with Gasteiger partial charge in [-0.3, -0.25) is 0 Å². The molecule has 2 atom stereocenters. The molecule has 0 heterocycles. The van der Waals surface area contributed by atoms with Crippen LogP contribution in [-0.4, -0.2) is 25.8 Å². The predicted molar refractivity (Wildman–Crippen MR) is 84.9 cm³/mol. The zero-order valence-electron chi connectivity index (χ0n) is 13.0. The Labute approximate surface area is 128 Å². The van der Waals surface area contributed by atoms with Crippen molar-refractivity contribution in [3.8, 4) is 6.07 Å². The minimum atomic E-state index is -0.312. The van der Waals surface area contributed by atoms with Gasteiger partial charge in [0, 0.05) is 13.2 Å². The molecule has 0 spiro atoms. The summed E-state index contributed by atoms with van der Waals surface area (Å²) in [6.45, 7) is 1.57. The number of nitrogens with zero attached hydrogens (tertiary/aromatic N) is 1. The van der Waals surface area contributed by atoms with Crippen molar-refractivity contribution in [3.05, 3.63) is 35.9 Å². The lowest BCUT2D eigenvalue weighted by molar-refractivity contribution is 0.110. The van der Waals surface area contributed by atoms with E-state index >= 15 is 0 Å². The van der Waals surface area contributed by atoms with Crippen molar-refractivity contribution in [1.82, 2.24) is 5.32 Å². The Morgan fingerprint density at radius 2 is 2.14 bits per heavy atom. The van der Waals surface area contributed by atoms with E-state index in [9.17, 15) is 5.26 Å². The van der Waals surface area contributed by atoms with Gasteiger partial charge in [-0.1, -0.05) is 36.8 Å². The minimum absolute atomic E-state index is 0.312. The van der Waals surface area contributed by atoms with Crippen molar-refractivity contribution >= 4 is 0 Å². The van der Waals surface area contributed by atoms with Gasteiger partial charge in [-0.15, -0.1) is 0 Å². The Hall–Kier alpha value is -1.37. The third kappa shape index (κ3) is 4.30. The predicted octanol–water partition coefficient (Wildman–Crippen LogP) is 3.31. The van der Waals surface area contributed by atoms with E-state index < -0.39 is 0 Å². The van der Waals surface area contributed by atoms with E-state index in [0.29, 0.717) is 5.92 Å². The molecule has 1 aromatic carbocycles. The van der Waals surface area contributed by atoms with Crippen LogP contribution in [0.5, 0.6) is 0 Å². The van der Waals surface area contributed by atoms with Crippen molar-refractivity contribution in [3.63, 3.8) is 0 Å². The number of nitriles is 1. The summed E-state index contributed by atoms with van der Waals surface area (Å²) in [5.74, 6) is 0.432. The first-order chi connectivity index (χ1) is 10.3. The smallest absolute Gasteiger partial charge is 0.109 e. The summed E-state index contributed by atoms with van der Waals surface area (Å²) in [4.78, 5) is 0. The van der Waals surface area contributed by atoms with Crippen molar-refractivity contribution < 1.29 is 4.74 Å². The molecule has 21 heavy (non-hydrogen) atoms. The van der Waals surface area contributed by atoms with E-state index in [1.165, 1.54) is 5.56 Å². The van der Waals surface area contributed by atoms with Gasteiger partial charge >= 0.3 is 0 Å². The fourth-order valence-electron chi connectivity index (χ4n) is 3.35. The Morgan fingerprint density at radius 3 is 2.86 bits per heavy atom. The third-order valence-corrected chi connectivity index (χ3v) is 4.67. The molecule has 0 amide bonds. The van der Waals surface area contributed by atoms with E-state index in [4.69, 9.17) is 4.74 Å². The average Bonchev–Trinajstić information content (AvgIpc) is 2.95. The molecule has 0 radical (unpaired) electrons. The van der Waals surface area contributed by atoms with Crippen LogP contribution in [0.2, 0.25) is 0 Å². The molecule has 3 heteroatoms. The second-order valence-electron chi connectivity index (χ2n) is 5.91. The van der Waals surface area contributed by atoms with Gasteiger partial charge in [0.05, 0.1) is 6.07 Å². The van der Waals surface area contributed by atoms with Crippen LogP contribution >= 0.6 is 0 Å². The molecule has 0 aliphatic heterocycles. The lowest BCUT2D eigenvalue weighted by Crippen LogP contribution is -2.45. The van der Waals surface area contributed by atoms with E-state index in [2.05, 4.69) is 35.7 Å². The van der Waals surface area contributed by atoms with Crippen molar-refractivity contribution in [2.75, 3.05) is 20.3 Å². The molecule has 3 nitrogen and oxygen atoms in total. The second-order valence-corrected chi connectivity index (χ2v) is 5.91. The van der Waals surface area contributed by atoms with Crippen LogP contribution in [0.1, 0.15) is 37.7 Å². The molecule has 2 unspecified atom stereocenters. The maximum atomic E-state index is 9.40. The number of hydrogen-bond acceptors (Lipinski definition) is 3. The highest BCUT2D eigenvalue weighted by Crippen LogP contribution is 2.37. The topological polar surface area (TPSA) is 45.0 Å². The van der Waals surface area contributed by atoms with Crippen LogP contribution in [0.15, 0.2) is 30.3 Å². The summed E-state index contributed by atoms with van der Waals surface area (Å²) in [5, 5.41) is 12.6. The summed E-state index contributed by atoms with van der Waals surface area (Å²) < 4.78 is 5.76. The highest BCUT2D eigenvalue weighted by atomic mass is 16.5. The van der Waals surface area contributed by atoms with Crippen LogP contribution in [0, 0.1) is 17.2 Å². The van der Waals surface area contributed by atoms with E-state index in [-0.39, 0.29) is 5.54 Å². The molecule has 1 aliphatic rings. The van der Waals surface area contributed by atoms with Gasteiger partial charge in [0.25, 0.3) is 0 Å². The molecule has 1 N–H and O–H groups in total. The lowest BCUT2D eigenvalue weighted by atomic mass is 9.86. The van der Waals surface area contributed by atoms with E-state index in [0.717, 1.165) is 51.7 Å². The molecule has 114 valence electrons. The van der Waals surface area contributed by atoms with Crippen molar-refractivity contribution in [2.45, 2.75) is 44.1 Å². The third-order valence-electron chi connectivity index (χ3n) is 4.67. The van der Waals surface area contributed by atoms with Gasteiger partial charge in [-0.05, 0) is 50.6 Å². The number of benzene rings is 1. The average molecular weight is 286 g/mol. The SMILES string of the molecule is CNC1(C#N)CCCC1CCOCCCc1ccccc1. The Kier molecular flexibility index (Phi) is 6.22. The standard InChI is InChI=1S/C18H26N2O/c1-20-18(15-19)12-5-10-17(18)11-14-21-13-6-9-16-7-3-2-4-8-16/h2-4,7-8,17,20H,5-6,9-14H2,1H3. The van der Waals surface area contributed by atoms with Crippen LogP contribution in [0.4, 0.5) is 0 Å². The van der Waals surface area contributed by atoms with Gasteiger partial charge in [0.2, 0.25) is 0 Å². The number of aryl methyl sites for hydroxylation is 1. The van der Waals surface area contributed by atoms with Crippen LogP contribution in [0.3, 0.4) is 0 Å². The highest BCUT2D eigenvalue weighted by molar-refractivity contribution is 5.14. The zero-order chi connectivity index (χ0) is 15.0. The van der Waals surface area contributed by atoms with Crippen LogP contribution in [0.25, 0.3) is 0 Å². The van der Waals surface area contributed by atoms with Gasteiger partial charge in [-0.25, -0.2) is 0 Å². The molecule has 1 aromatic rings. The first kappa shape index (κ1) is 16.0. The van der Waals surface area contributed by atoms with E-state index in [1.54, 1.807) is 0 Å². The molecule has 1 fully saturated rings. The summed E-state index contributed by atoms with van der Waals surface area (Å²) in [5.41, 5.74) is 1.06. The van der Waals surface area contributed by atoms with E-state index in [1.807, 2.05) is 13.1 Å². The second kappa shape index (κ2) is 8.17. The summed E-state index contributed by atoms with van der Waals surface area (Å²) in [6.07, 6.45) is 6.38. The molecule has 1 saturated carbocycles. The zero-order valence-corrected chi connectivity index (χ0v) is 13.0. The fourth-order valence-corrected chi connectivity index (χ4v) is 3.35. The molecule has 1 aliphatic carbocycles. The summed E-state index contributed by atoms with van der Waals surface area (Å²) >= 11 is 0. The van der Waals surface area contributed by atoms with Gasteiger partial charge in [0.15, 0.2) is 0 Å². The maximum Gasteiger partial charge on any atom is 0.109 e. The largest absolute Gasteiger partial charge is 0.381 e. The monoisotopic (exact) mass is 286 g/mol. The van der Waals surface area contributed by atoms with Crippen LogP contribution in [-0.2, 0) is 11.2 Å². The van der Waals surface area contributed by atoms with Gasteiger partial charge in [0.1, 0.15) is 5.54 Å². The first-order valence-electron chi connectivity index (χ1n) is 8.02. The lowest BCUT2D eigenvalue weighted by Gasteiger charge is -2.28. The fraction of sp³-hybridized carbons (Fsp3) is 0.611. The quantitative estimate of drug-likeness (QED) is 0.746. The van der Waals surface area contributed by atoms with Gasteiger partial charge < -0.3 is 10.1 Å². The number of rotatable bonds is 8. The van der Waals surface area contributed by atoms with Crippen LogP contribution < -0.4 is 5.32 Å². The Morgan fingerprint density at radius 1 is 1.33 bits per heavy atom. The Bertz CT molecular complexity index is 454. The summed E-state index contributed by atoms with van der Waals surface area (Å²) in [6, 6.07) is 13.0. The maximum absolute atomic E-state index is 9.40. The molecule has 0 bridgehead atoms. The molecular weight excluding hydrogens is 260 g/mol. The molecule has 0 saturated heterocycles. The number of hydrogen-bond donors (Lipinski definition) is 1. The first-order valence-corrected chi connectivity index (χ1v) is 8.02. The normalized spacial score (nSPS) is 24.9. The van der Waals surface area contributed by atoms with Crippen molar-refractivity contribution in [1.29, 1.82) is 5.26 Å². The minimum Gasteiger partial charge on any atom is -0.381 e. The Balaban J connectivity index is 1.61. The molecule has 0 aromatic heterocycles. The van der Waals surface area contributed by atoms with Crippen molar-refractivity contribution in [2.24, 2.45) is 5.92 Å². The molecular formula is C18H26N2O. The van der Waals surface area contributed by atoms with Gasteiger partial charge in [-0.2, -0.15) is 5.26 Å². The molecule has 2 rings (SSSR count). The number of nitrogens with one attached hydrogen (secondary N) is 1. The number of ether oxygens (including phenoxy) is 1.